The molecule has 9 heavy (non-hydrogen) atoms. The third-order valence-electron chi connectivity index (χ3n) is 0.907. The van der Waals surface area contributed by atoms with Crippen LogP contribution >= 0.6 is 22.6 Å². The van der Waals surface area contributed by atoms with E-state index < -0.39 is 0 Å². The van der Waals surface area contributed by atoms with Crippen molar-refractivity contribution < 1.29 is 0 Å². The molecule has 1 heteroatoms. The highest BCUT2D eigenvalue weighted by molar-refractivity contribution is 14.1. The number of alkyl halides is 1. The molecule has 0 aliphatic rings. The number of hydrogen-bond donors (Lipinski definition) is 0. The molecule has 0 unspecified atom stereocenters. The highest BCUT2D eigenvalue weighted by Gasteiger charge is 1.77. The summed E-state index contributed by atoms with van der Waals surface area (Å²) in [5.41, 5.74) is 1.14. The van der Waals surface area contributed by atoms with E-state index in [0.717, 1.165) is 5.57 Å². The Bertz CT molecular complexity index is 103. The largest absolute Gasteiger partial charge is 0.0961 e. The summed E-state index contributed by atoms with van der Waals surface area (Å²) in [6, 6.07) is 0. The molecule has 0 heterocycles. The zero-order valence-electron chi connectivity index (χ0n) is 5.86. The molecule has 0 fully saturated rings. The van der Waals surface area contributed by atoms with Crippen LogP contribution in [0.4, 0.5) is 0 Å². The van der Waals surface area contributed by atoms with E-state index in [2.05, 4.69) is 41.3 Å². The SMILES string of the molecule is C=C(C)/C=C/CCCI. The average molecular weight is 236 g/mol. The van der Waals surface area contributed by atoms with Crippen LogP contribution in [0.25, 0.3) is 0 Å². The summed E-state index contributed by atoms with van der Waals surface area (Å²) in [5.74, 6) is 0. The third kappa shape index (κ3) is 8.21. The lowest BCUT2D eigenvalue weighted by molar-refractivity contribution is 0.985. The fraction of sp³-hybridized carbons (Fsp3) is 0.500. The summed E-state index contributed by atoms with van der Waals surface area (Å²) in [6.45, 7) is 5.78. The molecule has 0 amide bonds. The molecular weight excluding hydrogens is 223 g/mol. The molecule has 0 saturated heterocycles. The second-order valence-corrected chi connectivity index (χ2v) is 3.16. The van der Waals surface area contributed by atoms with Crippen molar-refractivity contribution in [2.75, 3.05) is 4.43 Å². The monoisotopic (exact) mass is 236 g/mol. The van der Waals surface area contributed by atoms with Gasteiger partial charge in [0.2, 0.25) is 0 Å². The van der Waals surface area contributed by atoms with Crippen molar-refractivity contribution in [3.63, 3.8) is 0 Å². The predicted octanol–water partition coefficient (Wildman–Crippen LogP) is 3.33. The van der Waals surface area contributed by atoms with Gasteiger partial charge in [-0.15, -0.1) is 0 Å². The molecule has 0 aromatic rings. The quantitative estimate of drug-likeness (QED) is 0.304. The van der Waals surface area contributed by atoms with Crippen molar-refractivity contribution in [1.29, 1.82) is 0 Å². The lowest BCUT2D eigenvalue weighted by Gasteiger charge is -1.86. The molecule has 0 atom stereocenters. The Labute approximate surface area is 71.2 Å². The summed E-state index contributed by atoms with van der Waals surface area (Å²) in [7, 11) is 0. The van der Waals surface area contributed by atoms with Crippen molar-refractivity contribution in [2.24, 2.45) is 0 Å². The topological polar surface area (TPSA) is 0 Å². The standard InChI is InChI=1S/C8H13I/c1-8(2)6-4-3-5-7-9/h4,6H,1,3,5,7H2,2H3/b6-4+. The Morgan fingerprint density at radius 2 is 2.33 bits per heavy atom. The first-order valence-corrected chi connectivity index (χ1v) is 4.68. The van der Waals surface area contributed by atoms with Crippen LogP contribution in [-0.2, 0) is 0 Å². The summed E-state index contributed by atoms with van der Waals surface area (Å²) in [5, 5.41) is 0. The summed E-state index contributed by atoms with van der Waals surface area (Å²) in [4.78, 5) is 0. The minimum Gasteiger partial charge on any atom is -0.0961 e. The number of rotatable bonds is 4. The second-order valence-electron chi connectivity index (χ2n) is 2.08. The van der Waals surface area contributed by atoms with Crippen LogP contribution in [0.3, 0.4) is 0 Å². The highest BCUT2D eigenvalue weighted by atomic mass is 127. The minimum absolute atomic E-state index is 1.14. The molecule has 0 saturated carbocycles. The van der Waals surface area contributed by atoms with Gasteiger partial charge in [0.25, 0.3) is 0 Å². The van der Waals surface area contributed by atoms with Gasteiger partial charge in [0.1, 0.15) is 0 Å². The summed E-state index contributed by atoms with van der Waals surface area (Å²) >= 11 is 2.39. The smallest absolute Gasteiger partial charge is 0.000178 e. The minimum atomic E-state index is 1.14. The number of unbranched alkanes of at least 4 members (excludes halogenated alkanes) is 1. The molecule has 0 aromatic carbocycles. The van der Waals surface area contributed by atoms with Crippen molar-refractivity contribution in [2.45, 2.75) is 19.8 Å². The maximum absolute atomic E-state index is 3.76. The first-order valence-electron chi connectivity index (χ1n) is 3.15. The molecule has 0 nitrogen and oxygen atoms in total. The molecule has 0 aromatic heterocycles. The predicted molar refractivity (Wildman–Crippen MR) is 52.1 cm³/mol. The maximum Gasteiger partial charge on any atom is -0.000178 e. The van der Waals surface area contributed by atoms with Gasteiger partial charge in [-0.3, -0.25) is 0 Å². The van der Waals surface area contributed by atoms with E-state index in [1.807, 2.05) is 6.92 Å². The van der Waals surface area contributed by atoms with E-state index in [-0.39, 0.29) is 0 Å². The fourth-order valence-electron chi connectivity index (χ4n) is 0.480. The molecular formula is C8H13I. The van der Waals surface area contributed by atoms with E-state index in [1.165, 1.54) is 17.3 Å². The lowest BCUT2D eigenvalue weighted by Crippen LogP contribution is -1.70. The third-order valence-corrected chi connectivity index (χ3v) is 1.67. The van der Waals surface area contributed by atoms with Crippen LogP contribution in [0.2, 0.25) is 0 Å². The average Bonchev–Trinajstić information content (AvgIpc) is 1.80. The Morgan fingerprint density at radius 3 is 2.78 bits per heavy atom. The summed E-state index contributed by atoms with van der Waals surface area (Å²) in [6.07, 6.45) is 6.73. The van der Waals surface area contributed by atoms with Gasteiger partial charge in [-0.2, -0.15) is 0 Å². The number of halogens is 1. The zero-order chi connectivity index (χ0) is 7.11. The van der Waals surface area contributed by atoms with Gasteiger partial charge < -0.3 is 0 Å². The van der Waals surface area contributed by atoms with Crippen LogP contribution in [0.5, 0.6) is 0 Å². The van der Waals surface area contributed by atoms with Gasteiger partial charge >= 0.3 is 0 Å². The Kier molecular flexibility index (Phi) is 6.48. The number of allylic oxidation sites excluding steroid dienone is 3. The van der Waals surface area contributed by atoms with Gasteiger partial charge in [-0.25, -0.2) is 0 Å². The fourth-order valence-corrected chi connectivity index (χ4v) is 0.920. The molecule has 0 spiro atoms. The van der Waals surface area contributed by atoms with Crippen molar-refractivity contribution >= 4 is 22.6 Å². The first kappa shape index (κ1) is 9.21. The van der Waals surface area contributed by atoms with E-state index in [1.54, 1.807) is 0 Å². The molecule has 0 bridgehead atoms. The number of hydrogen-bond acceptors (Lipinski definition) is 0. The Hall–Kier alpha value is 0.210. The van der Waals surface area contributed by atoms with E-state index in [0.29, 0.717) is 0 Å². The van der Waals surface area contributed by atoms with E-state index in [4.69, 9.17) is 0 Å². The van der Waals surface area contributed by atoms with Gasteiger partial charge in [-0.05, 0) is 24.2 Å². The Morgan fingerprint density at radius 1 is 1.67 bits per heavy atom. The van der Waals surface area contributed by atoms with Gasteiger partial charge in [0.15, 0.2) is 0 Å². The van der Waals surface area contributed by atoms with Crippen LogP contribution in [0.1, 0.15) is 19.8 Å². The van der Waals surface area contributed by atoms with Crippen LogP contribution in [0, 0.1) is 0 Å². The summed E-state index contributed by atoms with van der Waals surface area (Å²) < 4.78 is 1.25. The van der Waals surface area contributed by atoms with Crippen LogP contribution in [-0.4, -0.2) is 4.43 Å². The molecule has 0 aliphatic heterocycles. The van der Waals surface area contributed by atoms with Crippen molar-refractivity contribution in [3.8, 4) is 0 Å². The Balaban J connectivity index is 3.15. The van der Waals surface area contributed by atoms with E-state index >= 15 is 0 Å². The molecule has 0 aliphatic carbocycles. The van der Waals surface area contributed by atoms with E-state index in [9.17, 15) is 0 Å². The molecule has 0 rings (SSSR count). The van der Waals surface area contributed by atoms with Crippen molar-refractivity contribution in [1.82, 2.24) is 0 Å². The van der Waals surface area contributed by atoms with Crippen LogP contribution in [0.15, 0.2) is 24.3 Å². The molecule has 52 valence electrons. The van der Waals surface area contributed by atoms with Crippen molar-refractivity contribution in [3.05, 3.63) is 24.3 Å². The zero-order valence-corrected chi connectivity index (χ0v) is 8.02. The normalized spacial score (nSPS) is 10.4. The molecule has 0 N–H and O–H groups in total. The van der Waals surface area contributed by atoms with Gasteiger partial charge in [-0.1, -0.05) is 46.9 Å². The first-order chi connectivity index (χ1) is 4.27. The maximum atomic E-state index is 3.76. The van der Waals surface area contributed by atoms with Gasteiger partial charge in [0.05, 0.1) is 0 Å². The lowest BCUT2D eigenvalue weighted by atomic mass is 10.2. The van der Waals surface area contributed by atoms with Gasteiger partial charge in [0, 0.05) is 0 Å². The second kappa shape index (κ2) is 6.33. The van der Waals surface area contributed by atoms with Crippen LogP contribution < -0.4 is 0 Å². The highest BCUT2D eigenvalue weighted by Crippen LogP contribution is 1.97. The molecule has 0 radical (unpaired) electrons.